The third kappa shape index (κ3) is 68.9. The molecule has 9 heteroatoms. The number of nitrogens with zero attached hydrogens (tertiary/aromatic N) is 1. The standard InChI is InChI=1S/C77H141N2O6P/c1-6-8-10-12-14-16-18-20-22-24-26-28-30-32-33-34-35-36-37-38-39-40-41-42-43-44-45-47-49-51-53-55-57-59-61-63-65-67-69-71-77(81)78-75(74-85-86(82,83)84-73-72-79(3,4)5)76(80)70-68-66-64-62-60-58-56-54-52-50-48-46-31-29-27-25-23-21-19-17-15-13-11-9-7-2/h8,10,14,16,20,22,26,28,32-33,35-36,38-39,41-42,75-76,80H,6-7,9,11-13,15,17-19,21,23-25,27,29-31,34,37,40,43-74H2,1-5H3,(H-,78,81,82,83)/b10-8-,16-14-,22-20-,28-26-,33-32-,36-35-,39-38-,42-41-. The Hall–Kier alpha value is -2.58. The van der Waals surface area contributed by atoms with E-state index in [9.17, 15) is 19.4 Å². The quantitative estimate of drug-likeness (QED) is 0.0272. The monoisotopic (exact) mass is 1220 g/mol. The number of hydrogen-bond donors (Lipinski definition) is 2. The molecule has 0 heterocycles. The first kappa shape index (κ1) is 83.4. The number of carbonyl (C=O) groups excluding carboxylic acids is 1. The molecule has 0 aromatic carbocycles. The molecular formula is C77H141N2O6P. The first-order valence-corrected chi connectivity index (χ1v) is 38.0. The van der Waals surface area contributed by atoms with Crippen molar-refractivity contribution < 1.29 is 32.9 Å². The van der Waals surface area contributed by atoms with Crippen LogP contribution in [0.2, 0.25) is 0 Å². The third-order valence-electron chi connectivity index (χ3n) is 16.3. The molecule has 0 aliphatic heterocycles. The van der Waals surface area contributed by atoms with E-state index in [1.807, 2.05) is 21.1 Å². The van der Waals surface area contributed by atoms with Gasteiger partial charge in [-0.25, -0.2) is 0 Å². The van der Waals surface area contributed by atoms with Crippen LogP contribution >= 0.6 is 7.82 Å². The number of hydrogen-bond acceptors (Lipinski definition) is 6. The SMILES string of the molecule is CC/C=C\C/C=C\C/C=C\C/C=C\C/C=C\C/C=C\C/C=C\C/C=C\CCCCCCCCCCCCCCCCC(=O)NC(COP(=O)([O-])OCC[N+](C)(C)C)C(O)CCCCCCCCCCCCCCCCCCCCCCCCCCC. The molecular weight excluding hydrogens is 1080 g/mol. The Balaban J connectivity index is 4.02. The van der Waals surface area contributed by atoms with Crippen LogP contribution in [0.25, 0.3) is 0 Å². The molecule has 8 nitrogen and oxygen atoms in total. The Bertz CT molecular complexity index is 1730. The van der Waals surface area contributed by atoms with Crippen molar-refractivity contribution in [1.82, 2.24) is 5.32 Å². The molecule has 0 spiro atoms. The van der Waals surface area contributed by atoms with Gasteiger partial charge in [-0.3, -0.25) is 9.36 Å². The number of aliphatic hydroxyl groups is 1. The van der Waals surface area contributed by atoms with Crippen molar-refractivity contribution >= 4 is 13.7 Å². The van der Waals surface area contributed by atoms with E-state index in [2.05, 4.69) is 116 Å². The van der Waals surface area contributed by atoms with Crippen LogP contribution in [-0.2, 0) is 18.4 Å². The molecule has 0 saturated carbocycles. The molecule has 0 aliphatic carbocycles. The number of unbranched alkanes of at least 4 members (excludes halogenated alkanes) is 38. The summed E-state index contributed by atoms with van der Waals surface area (Å²) in [5.74, 6) is -0.164. The fraction of sp³-hybridized carbons (Fsp3) is 0.779. The number of likely N-dealkylation sites (N-methyl/N-ethyl adjacent to an activating group) is 1. The minimum absolute atomic E-state index is 0.0101. The number of carbonyl (C=O) groups is 1. The normalized spacial score (nSPS) is 14.2. The Morgan fingerprint density at radius 3 is 1.03 bits per heavy atom. The summed E-state index contributed by atoms with van der Waals surface area (Å²) in [6, 6.07) is -0.807. The number of nitrogens with one attached hydrogen (secondary N) is 1. The number of phosphoric acid groups is 1. The Morgan fingerprint density at radius 1 is 0.419 bits per heavy atom. The van der Waals surface area contributed by atoms with Crippen molar-refractivity contribution in [2.45, 2.75) is 347 Å². The highest BCUT2D eigenvalue weighted by Gasteiger charge is 2.24. The molecule has 0 fully saturated rings. The van der Waals surface area contributed by atoms with E-state index >= 15 is 0 Å². The zero-order valence-corrected chi connectivity index (χ0v) is 58.1. The van der Waals surface area contributed by atoms with Gasteiger partial charge in [0, 0.05) is 6.42 Å². The number of phosphoric ester groups is 1. The van der Waals surface area contributed by atoms with Gasteiger partial charge in [-0.2, -0.15) is 0 Å². The molecule has 2 N–H and O–H groups in total. The van der Waals surface area contributed by atoms with Gasteiger partial charge < -0.3 is 28.8 Å². The predicted octanol–water partition coefficient (Wildman–Crippen LogP) is 23.0. The summed E-state index contributed by atoms with van der Waals surface area (Å²) in [4.78, 5) is 25.7. The number of allylic oxidation sites excluding steroid dienone is 16. The van der Waals surface area contributed by atoms with Crippen molar-refractivity contribution in [1.29, 1.82) is 0 Å². The van der Waals surface area contributed by atoms with Gasteiger partial charge in [-0.05, 0) is 77.0 Å². The molecule has 0 bridgehead atoms. The summed E-state index contributed by atoms with van der Waals surface area (Å²) in [7, 11) is 1.31. The van der Waals surface area contributed by atoms with Gasteiger partial charge in [0.05, 0.1) is 39.9 Å². The van der Waals surface area contributed by atoms with Crippen LogP contribution in [0.4, 0.5) is 0 Å². The number of aliphatic hydroxyl groups excluding tert-OH is 1. The molecule has 3 atom stereocenters. The van der Waals surface area contributed by atoms with E-state index in [0.717, 1.165) is 89.9 Å². The van der Waals surface area contributed by atoms with Gasteiger partial charge in [-0.1, -0.05) is 349 Å². The molecule has 0 rings (SSSR count). The summed E-state index contributed by atoms with van der Waals surface area (Å²) in [6.07, 6.45) is 96.3. The Kier molecular flexibility index (Phi) is 64.8. The maximum absolute atomic E-state index is 13.1. The van der Waals surface area contributed by atoms with Gasteiger partial charge in [0.2, 0.25) is 5.91 Å². The molecule has 500 valence electrons. The second-order valence-electron chi connectivity index (χ2n) is 25.9. The average Bonchev–Trinajstić information content (AvgIpc) is 3.70. The average molecular weight is 1220 g/mol. The third-order valence-corrected chi connectivity index (χ3v) is 17.3. The van der Waals surface area contributed by atoms with Crippen LogP contribution < -0.4 is 10.2 Å². The second kappa shape index (κ2) is 66.8. The summed E-state index contributed by atoms with van der Waals surface area (Å²) in [5, 5.41) is 14.1. The van der Waals surface area contributed by atoms with Gasteiger partial charge in [0.15, 0.2) is 0 Å². The Morgan fingerprint density at radius 2 is 0.709 bits per heavy atom. The molecule has 1 amide bonds. The lowest BCUT2D eigenvalue weighted by atomic mass is 10.0. The minimum Gasteiger partial charge on any atom is -0.756 e. The lowest BCUT2D eigenvalue weighted by Crippen LogP contribution is -2.46. The molecule has 0 aliphatic rings. The highest BCUT2D eigenvalue weighted by molar-refractivity contribution is 7.45. The van der Waals surface area contributed by atoms with Gasteiger partial charge in [0.25, 0.3) is 7.82 Å². The van der Waals surface area contributed by atoms with Crippen molar-refractivity contribution in [3.05, 3.63) is 97.2 Å². The van der Waals surface area contributed by atoms with Crippen molar-refractivity contribution in [3.63, 3.8) is 0 Å². The highest BCUT2D eigenvalue weighted by Crippen LogP contribution is 2.38. The second-order valence-corrected chi connectivity index (χ2v) is 27.3. The summed E-state index contributed by atoms with van der Waals surface area (Å²) >= 11 is 0. The van der Waals surface area contributed by atoms with Gasteiger partial charge in [-0.15, -0.1) is 0 Å². The highest BCUT2D eigenvalue weighted by atomic mass is 31.2. The van der Waals surface area contributed by atoms with Crippen molar-refractivity contribution in [2.24, 2.45) is 0 Å². The van der Waals surface area contributed by atoms with Crippen LogP contribution in [0.1, 0.15) is 335 Å². The van der Waals surface area contributed by atoms with Crippen molar-refractivity contribution in [3.8, 4) is 0 Å². The zero-order valence-electron chi connectivity index (χ0n) is 57.3. The number of rotatable bonds is 67. The molecule has 3 unspecified atom stereocenters. The fourth-order valence-corrected chi connectivity index (χ4v) is 11.4. The zero-order chi connectivity index (χ0) is 62.6. The molecule has 0 saturated heterocycles. The van der Waals surface area contributed by atoms with E-state index in [0.29, 0.717) is 23.9 Å². The topological polar surface area (TPSA) is 108 Å². The minimum atomic E-state index is -4.59. The summed E-state index contributed by atoms with van der Waals surface area (Å²) < 4.78 is 23.6. The van der Waals surface area contributed by atoms with E-state index in [-0.39, 0.29) is 19.1 Å². The van der Waals surface area contributed by atoms with Crippen LogP contribution in [-0.4, -0.2) is 68.5 Å². The Labute approximate surface area is 534 Å². The molecule has 86 heavy (non-hydrogen) atoms. The first-order chi connectivity index (χ1) is 42.0. The lowest BCUT2D eigenvalue weighted by molar-refractivity contribution is -0.870. The lowest BCUT2D eigenvalue weighted by Gasteiger charge is -2.30. The molecule has 0 radical (unpaired) electrons. The van der Waals surface area contributed by atoms with E-state index < -0.39 is 20.0 Å². The van der Waals surface area contributed by atoms with Gasteiger partial charge in [0.1, 0.15) is 13.2 Å². The van der Waals surface area contributed by atoms with E-state index in [1.165, 1.54) is 218 Å². The first-order valence-electron chi connectivity index (χ1n) is 36.6. The predicted molar refractivity (Wildman–Crippen MR) is 376 cm³/mol. The van der Waals surface area contributed by atoms with Crippen LogP contribution in [0.5, 0.6) is 0 Å². The molecule has 0 aromatic heterocycles. The van der Waals surface area contributed by atoms with Crippen LogP contribution in [0.15, 0.2) is 97.2 Å². The maximum Gasteiger partial charge on any atom is 0.268 e. The van der Waals surface area contributed by atoms with Crippen LogP contribution in [0.3, 0.4) is 0 Å². The molecule has 0 aromatic rings. The van der Waals surface area contributed by atoms with Crippen LogP contribution in [0, 0.1) is 0 Å². The summed E-state index contributed by atoms with van der Waals surface area (Å²) in [5.41, 5.74) is 0. The fourth-order valence-electron chi connectivity index (χ4n) is 10.7. The summed E-state index contributed by atoms with van der Waals surface area (Å²) in [6.45, 7) is 4.64. The largest absolute Gasteiger partial charge is 0.756 e. The number of quaternary nitrogens is 1. The number of amides is 1. The van der Waals surface area contributed by atoms with Crippen molar-refractivity contribution in [2.75, 3.05) is 40.9 Å². The van der Waals surface area contributed by atoms with E-state index in [4.69, 9.17) is 9.05 Å². The van der Waals surface area contributed by atoms with Gasteiger partial charge >= 0.3 is 0 Å². The smallest absolute Gasteiger partial charge is 0.268 e. The maximum atomic E-state index is 13.1. The van der Waals surface area contributed by atoms with E-state index in [1.54, 1.807) is 0 Å².